The Morgan fingerprint density at radius 2 is 2.10 bits per heavy atom. The predicted octanol–water partition coefficient (Wildman–Crippen LogP) is 1.77. The third-order valence-electron chi connectivity index (χ3n) is 2.60. The van der Waals surface area contributed by atoms with Crippen LogP contribution < -0.4 is 5.69 Å². The van der Waals surface area contributed by atoms with E-state index < -0.39 is 11.7 Å². The molecule has 104 valence electrons. The Kier molecular flexibility index (Phi) is 4.19. The number of aryl methyl sites for hydroxylation is 2. The zero-order valence-corrected chi connectivity index (χ0v) is 11.8. The Hall–Kier alpha value is -2.15. The molecule has 0 saturated heterocycles. The molecule has 0 aliphatic heterocycles. The number of thioether (sulfide) groups is 1. The van der Waals surface area contributed by atoms with E-state index in [0.717, 1.165) is 11.4 Å². The van der Waals surface area contributed by atoms with Crippen LogP contribution in [0, 0.1) is 13.8 Å². The highest BCUT2D eigenvalue weighted by atomic mass is 32.2. The van der Waals surface area contributed by atoms with Crippen LogP contribution in [0.15, 0.2) is 28.0 Å². The lowest BCUT2D eigenvalue weighted by molar-refractivity contribution is 0.0690. The molecule has 0 aromatic carbocycles. The number of carbonyl (C=O) groups is 1. The highest BCUT2D eigenvalue weighted by Gasteiger charge is 2.17. The van der Waals surface area contributed by atoms with Crippen LogP contribution >= 0.6 is 11.8 Å². The van der Waals surface area contributed by atoms with Crippen LogP contribution in [0.4, 0.5) is 0 Å². The number of hydrogen-bond donors (Lipinski definition) is 2. The van der Waals surface area contributed by atoms with Gasteiger partial charge in [0.15, 0.2) is 0 Å². The molecule has 20 heavy (non-hydrogen) atoms. The molecule has 6 nitrogen and oxygen atoms in total. The number of aromatic carboxylic acids is 1. The van der Waals surface area contributed by atoms with Gasteiger partial charge in [-0.1, -0.05) is 17.8 Å². The molecule has 0 spiro atoms. The van der Waals surface area contributed by atoms with Crippen molar-refractivity contribution in [2.45, 2.75) is 24.6 Å². The highest BCUT2D eigenvalue weighted by molar-refractivity contribution is 7.98. The number of pyridine rings is 1. The molecule has 0 fully saturated rings. The van der Waals surface area contributed by atoms with Crippen molar-refractivity contribution in [3.8, 4) is 0 Å². The van der Waals surface area contributed by atoms with Gasteiger partial charge in [-0.3, -0.25) is 4.98 Å². The van der Waals surface area contributed by atoms with Gasteiger partial charge in [-0.25, -0.2) is 9.59 Å². The van der Waals surface area contributed by atoms with Gasteiger partial charge >= 0.3 is 11.7 Å². The molecule has 2 heterocycles. The Morgan fingerprint density at radius 3 is 2.75 bits per heavy atom. The summed E-state index contributed by atoms with van der Waals surface area (Å²) in [6, 6.07) is 5.61. The summed E-state index contributed by atoms with van der Waals surface area (Å²) in [7, 11) is 0. The lowest BCUT2D eigenvalue weighted by Crippen LogP contribution is -2.18. The van der Waals surface area contributed by atoms with Crippen molar-refractivity contribution in [3.63, 3.8) is 0 Å². The van der Waals surface area contributed by atoms with Gasteiger partial charge in [0, 0.05) is 17.1 Å². The fraction of sp³-hybridized carbons (Fsp3) is 0.231. The number of nitrogens with one attached hydrogen (secondary N) is 1. The molecule has 0 aliphatic rings. The van der Waals surface area contributed by atoms with Crippen molar-refractivity contribution >= 4 is 17.7 Å². The summed E-state index contributed by atoms with van der Waals surface area (Å²) in [4.78, 5) is 33.0. The topological polar surface area (TPSA) is 95.9 Å². The van der Waals surface area contributed by atoms with Crippen molar-refractivity contribution in [1.82, 2.24) is 15.0 Å². The second-order valence-electron chi connectivity index (χ2n) is 4.21. The molecular formula is C13H13N3O3S. The summed E-state index contributed by atoms with van der Waals surface area (Å²) in [6.45, 7) is 3.42. The molecule has 0 bridgehead atoms. The SMILES string of the molecule is Cc1cccc(CSc2nc(=O)[nH]c(C)c2C(=O)O)n1. The molecule has 0 saturated carbocycles. The van der Waals surface area contributed by atoms with Gasteiger partial charge in [0.1, 0.15) is 10.6 Å². The number of aromatic nitrogens is 3. The van der Waals surface area contributed by atoms with Gasteiger partial charge in [-0.15, -0.1) is 0 Å². The van der Waals surface area contributed by atoms with Crippen molar-refractivity contribution in [2.75, 3.05) is 0 Å². The minimum Gasteiger partial charge on any atom is -0.478 e. The zero-order chi connectivity index (χ0) is 14.7. The van der Waals surface area contributed by atoms with E-state index in [0.29, 0.717) is 11.4 Å². The van der Waals surface area contributed by atoms with Crippen molar-refractivity contribution < 1.29 is 9.90 Å². The minimum atomic E-state index is -1.11. The van der Waals surface area contributed by atoms with E-state index in [-0.39, 0.29) is 10.6 Å². The van der Waals surface area contributed by atoms with Crippen LogP contribution in [0.5, 0.6) is 0 Å². The first-order valence-electron chi connectivity index (χ1n) is 5.87. The smallest absolute Gasteiger partial charge is 0.346 e. The van der Waals surface area contributed by atoms with Crippen LogP contribution in [0.2, 0.25) is 0 Å². The maximum Gasteiger partial charge on any atom is 0.346 e. The van der Waals surface area contributed by atoms with Gasteiger partial charge in [0.05, 0.1) is 5.69 Å². The fourth-order valence-corrected chi connectivity index (χ4v) is 2.72. The third kappa shape index (κ3) is 3.24. The Balaban J connectivity index is 2.29. The maximum absolute atomic E-state index is 11.4. The zero-order valence-electron chi connectivity index (χ0n) is 11.0. The maximum atomic E-state index is 11.4. The van der Waals surface area contributed by atoms with Crippen molar-refractivity contribution in [1.29, 1.82) is 0 Å². The molecule has 2 aromatic heterocycles. The van der Waals surface area contributed by atoms with Crippen molar-refractivity contribution in [3.05, 3.63) is 51.3 Å². The number of rotatable bonds is 4. The van der Waals surface area contributed by atoms with Gasteiger partial charge in [0.2, 0.25) is 0 Å². The average Bonchev–Trinajstić information content (AvgIpc) is 2.35. The molecule has 0 amide bonds. The molecule has 0 aliphatic carbocycles. The molecule has 0 radical (unpaired) electrons. The first-order valence-corrected chi connectivity index (χ1v) is 6.85. The van der Waals surface area contributed by atoms with E-state index in [4.69, 9.17) is 0 Å². The minimum absolute atomic E-state index is 0.0299. The van der Waals surface area contributed by atoms with E-state index >= 15 is 0 Å². The largest absolute Gasteiger partial charge is 0.478 e. The van der Waals surface area contributed by atoms with E-state index in [1.807, 2.05) is 25.1 Å². The van der Waals surface area contributed by atoms with Crippen LogP contribution in [-0.2, 0) is 5.75 Å². The lowest BCUT2D eigenvalue weighted by atomic mass is 10.2. The molecule has 2 aromatic rings. The molecular weight excluding hydrogens is 278 g/mol. The molecule has 7 heteroatoms. The first kappa shape index (κ1) is 14.3. The normalized spacial score (nSPS) is 10.5. The number of aromatic amines is 1. The second kappa shape index (κ2) is 5.87. The Morgan fingerprint density at radius 1 is 1.35 bits per heavy atom. The van der Waals surface area contributed by atoms with Crippen LogP contribution in [-0.4, -0.2) is 26.0 Å². The summed E-state index contributed by atoms with van der Waals surface area (Å²) in [5, 5.41) is 9.40. The van der Waals surface area contributed by atoms with E-state index in [1.165, 1.54) is 11.8 Å². The summed E-state index contributed by atoms with van der Waals surface area (Å²) < 4.78 is 0. The van der Waals surface area contributed by atoms with Crippen LogP contribution in [0.3, 0.4) is 0 Å². The molecule has 0 unspecified atom stereocenters. The second-order valence-corrected chi connectivity index (χ2v) is 5.18. The van der Waals surface area contributed by atoms with Crippen LogP contribution in [0.1, 0.15) is 27.4 Å². The van der Waals surface area contributed by atoms with Crippen molar-refractivity contribution in [2.24, 2.45) is 0 Å². The predicted molar refractivity (Wildman–Crippen MR) is 75.1 cm³/mol. The van der Waals surface area contributed by atoms with Gasteiger partial charge < -0.3 is 10.1 Å². The van der Waals surface area contributed by atoms with E-state index in [2.05, 4.69) is 15.0 Å². The number of nitrogens with zero attached hydrogens (tertiary/aromatic N) is 2. The fourth-order valence-electron chi connectivity index (χ4n) is 1.74. The average molecular weight is 291 g/mol. The van der Waals surface area contributed by atoms with E-state index in [1.54, 1.807) is 6.92 Å². The Labute approximate surface area is 119 Å². The van der Waals surface area contributed by atoms with E-state index in [9.17, 15) is 14.7 Å². The number of H-pyrrole nitrogens is 1. The first-order chi connectivity index (χ1) is 9.47. The van der Waals surface area contributed by atoms with Crippen LogP contribution in [0.25, 0.3) is 0 Å². The summed E-state index contributed by atoms with van der Waals surface area (Å²) in [5.41, 5.74) is 1.48. The lowest BCUT2D eigenvalue weighted by Gasteiger charge is -2.07. The highest BCUT2D eigenvalue weighted by Crippen LogP contribution is 2.24. The number of carboxylic acids is 1. The third-order valence-corrected chi connectivity index (χ3v) is 3.61. The quantitative estimate of drug-likeness (QED) is 0.658. The van der Waals surface area contributed by atoms with Gasteiger partial charge in [0.25, 0.3) is 0 Å². The molecule has 2 rings (SSSR count). The standard InChI is InChI=1S/C13H13N3O3S/c1-7-4-3-5-9(14-7)6-20-11-10(12(17)18)8(2)15-13(19)16-11/h3-5H,6H2,1-2H3,(H,17,18)(H,15,16,19). The summed E-state index contributed by atoms with van der Waals surface area (Å²) in [6.07, 6.45) is 0. The number of hydrogen-bond acceptors (Lipinski definition) is 5. The molecule has 2 N–H and O–H groups in total. The summed E-state index contributed by atoms with van der Waals surface area (Å²) >= 11 is 1.19. The van der Waals surface area contributed by atoms with Gasteiger partial charge in [-0.05, 0) is 26.0 Å². The number of carboxylic acid groups (broad SMARTS) is 1. The molecule has 0 atom stereocenters. The van der Waals surface area contributed by atoms with Gasteiger partial charge in [-0.2, -0.15) is 4.98 Å². The monoisotopic (exact) mass is 291 g/mol. The summed E-state index contributed by atoms with van der Waals surface area (Å²) in [5.74, 6) is -0.649. The Bertz CT molecular complexity index is 712.